The van der Waals surface area contributed by atoms with Gasteiger partial charge in [0.05, 0.1) is 12.2 Å². The van der Waals surface area contributed by atoms with Gasteiger partial charge in [0.1, 0.15) is 0 Å². The lowest BCUT2D eigenvalue weighted by atomic mass is 9.94. The first-order valence-corrected chi connectivity index (χ1v) is 6.38. The SMILES string of the molecule is CCC(O)C(O)CCc1c(C)cc(C)cc1C. The Bertz CT molecular complexity index is 348. The summed E-state index contributed by atoms with van der Waals surface area (Å²) >= 11 is 0. The van der Waals surface area contributed by atoms with Crippen LogP contribution in [0.2, 0.25) is 0 Å². The topological polar surface area (TPSA) is 40.5 Å². The van der Waals surface area contributed by atoms with E-state index in [1.165, 1.54) is 22.3 Å². The minimum absolute atomic E-state index is 0.596. The molecule has 2 nitrogen and oxygen atoms in total. The molecule has 0 spiro atoms. The van der Waals surface area contributed by atoms with Crippen LogP contribution in [0.4, 0.5) is 0 Å². The van der Waals surface area contributed by atoms with Gasteiger partial charge in [-0.25, -0.2) is 0 Å². The van der Waals surface area contributed by atoms with Crippen molar-refractivity contribution in [2.75, 3.05) is 0 Å². The summed E-state index contributed by atoms with van der Waals surface area (Å²) in [6.45, 7) is 8.20. The summed E-state index contributed by atoms with van der Waals surface area (Å²) in [4.78, 5) is 0. The highest BCUT2D eigenvalue weighted by Gasteiger charge is 2.15. The Morgan fingerprint density at radius 1 is 1.00 bits per heavy atom. The van der Waals surface area contributed by atoms with Crippen LogP contribution in [0.5, 0.6) is 0 Å². The maximum absolute atomic E-state index is 9.77. The maximum Gasteiger partial charge on any atom is 0.0802 e. The molecule has 2 N–H and O–H groups in total. The largest absolute Gasteiger partial charge is 0.390 e. The molecule has 0 aliphatic carbocycles. The lowest BCUT2D eigenvalue weighted by Gasteiger charge is -2.18. The molecule has 17 heavy (non-hydrogen) atoms. The second-order valence-electron chi connectivity index (χ2n) is 4.96. The molecule has 0 amide bonds. The summed E-state index contributed by atoms with van der Waals surface area (Å²) in [5.74, 6) is 0. The molecule has 0 radical (unpaired) electrons. The summed E-state index contributed by atoms with van der Waals surface area (Å²) in [5, 5.41) is 19.3. The van der Waals surface area contributed by atoms with Gasteiger partial charge in [0.15, 0.2) is 0 Å². The number of rotatable bonds is 5. The normalized spacial score (nSPS) is 14.7. The molecule has 2 atom stereocenters. The first-order chi connectivity index (χ1) is 7.95. The average molecular weight is 236 g/mol. The average Bonchev–Trinajstić information content (AvgIpc) is 2.26. The Hall–Kier alpha value is -0.860. The standard InChI is InChI=1S/C15H24O2/c1-5-14(16)15(17)7-6-13-11(3)8-10(2)9-12(13)4/h8-9,14-17H,5-7H2,1-4H3. The lowest BCUT2D eigenvalue weighted by Crippen LogP contribution is -2.25. The number of hydrogen-bond acceptors (Lipinski definition) is 2. The molecule has 0 aliphatic rings. The van der Waals surface area contributed by atoms with Crippen LogP contribution in [-0.2, 0) is 6.42 Å². The van der Waals surface area contributed by atoms with Gasteiger partial charge in [-0.3, -0.25) is 0 Å². The summed E-state index contributed by atoms with van der Waals surface area (Å²) in [6.07, 6.45) is 0.851. The molecule has 96 valence electrons. The first kappa shape index (κ1) is 14.2. The van der Waals surface area contributed by atoms with E-state index < -0.39 is 12.2 Å². The molecule has 0 aliphatic heterocycles. The molecule has 0 heterocycles. The van der Waals surface area contributed by atoms with Crippen LogP contribution in [0, 0.1) is 20.8 Å². The predicted molar refractivity (Wildman–Crippen MR) is 71.3 cm³/mol. The van der Waals surface area contributed by atoms with Gasteiger partial charge < -0.3 is 10.2 Å². The van der Waals surface area contributed by atoms with Crippen molar-refractivity contribution in [3.63, 3.8) is 0 Å². The number of aliphatic hydroxyl groups is 2. The molecule has 0 saturated carbocycles. The fourth-order valence-electron chi connectivity index (χ4n) is 2.36. The van der Waals surface area contributed by atoms with E-state index in [0.29, 0.717) is 12.8 Å². The molecule has 2 unspecified atom stereocenters. The highest BCUT2D eigenvalue weighted by molar-refractivity contribution is 5.37. The summed E-state index contributed by atoms with van der Waals surface area (Å²) in [5.41, 5.74) is 5.14. The van der Waals surface area contributed by atoms with Gasteiger partial charge in [-0.05, 0) is 56.7 Å². The Balaban J connectivity index is 2.70. The van der Waals surface area contributed by atoms with Crippen molar-refractivity contribution in [2.24, 2.45) is 0 Å². The van der Waals surface area contributed by atoms with E-state index >= 15 is 0 Å². The second-order valence-corrected chi connectivity index (χ2v) is 4.96. The molecule has 0 bridgehead atoms. The quantitative estimate of drug-likeness (QED) is 0.825. The van der Waals surface area contributed by atoms with E-state index in [4.69, 9.17) is 0 Å². The van der Waals surface area contributed by atoms with Crippen LogP contribution in [0.1, 0.15) is 42.0 Å². The molecule has 0 saturated heterocycles. The van der Waals surface area contributed by atoms with Gasteiger partial charge in [0.2, 0.25) is 0 Å². The van der Waals surface area contributed by atoms with Gasteiger partial charge in [0.25, 0.3) is 0 Å². The van der Waals surface area contributed by atoms with Gasteiger partial charge in [-0.15, -0.1) is 0 Å². The third-order valence-electron chi connectivity index (χ3n) is 3.39. The van der Waals surface area contributed by atoms with Gasteiger partial charge in [-0.1, -0.05) is 24.6 Å². The van der Waals surface area contributed by atoms with E-state index in [1.807, 2.05) is 6.92 Å². The predicted octanol–water partition coefficient (Wildman–Crippen LogP) is 2.68. The van der Waals surface area contributed by atoms with Crippen molar-refractivity contribution < 1.29 is 10.2 Å². The van der Waals surface area contributed by atoms with E-state index in [-0.39, 0.29) is 0 Å². The van der Waals surface area contributed by atoms with Crippen LogP contribution in [-0.4, -0.2) is 22.4 Å². The van der Waals surface area contributed by atoms with Gasteiger partial charge in [-0.2, -0.15) is 0 Å². The molecule has 1 aromatic rings. The zero-order valence-corrected chi connectivity index (χ0v) is 11.3. The zero-order chi connectivity index (χ0) is 13.0. The highest BCUT2D eigenvalue weighted by Crippen LogP contribution is 2.19. The Kier molecular flexibility index (Phi) is 5.16. The second kappa shape index (κ2) is 6.18. The van der Waals surface area contributed by atoms with Crippen LogP contribution in [0.25, 0.3) is 0 Å². The zero-order valence-electron chi connectivity index (χ0n) is 11.3. The highest BCUT2D eigenvalue weighted by atomic mass is 16.3. The Morgan fingerprint density at radius 2 is 1.53 bits per heavy atom. The molecule has 1 rings (SSSR count). The molecule has 1 aromatic carbocycles. The van der Waals surface area contributed by atoms with E-state index in [2.05, 4.69) is 32.9 Å². The number of aryl methyl sites for hydroxylation is 3. The van der Waals surface area contributed by atoms with Crippen molar-refractivity contribution in [1.82, 2.24) is 0 Å². The van der Waals surface area contributed by atoms with Crippen LogP contribution in [0.15, 0.2) is 12.1 Å². The minimum atomic E-state index is -0.611. The van der Waals surface area contributed by atoms with Gasteiger partial charge in [0, 0.05) is 0 Å². The van der Waals surface area contributed by atoms with E-state index in [1.54, 1.807) is 0 Å². The molecule has 0 aromatic heterocycles. The third kappa shape index (κ3) is 3.83. The van der Waals surface area contributed by atoms with Crippen molar-refractivity contribution in [2.45, 2.75) is 59.2 Å². The lowest BCUT2D eigenvalue weighted by molar-refractivity contribution is 0.0130. The van der Waals surface area contributed by atoms with Gasteiger partial charge >= 0.3 is 0 Å². The molecule has 2 heteroatoms. The minimum Gasteiger partial charge on any atom is -0.390 e. The first-order valence-electron chi connectivity index (χ1n) is 6.38. The van der Waals surface area contributed by atoms with Crippen molar-refractivity contribution >= 4 is 0 Å². The van der Waals surface area contributed by atoms with E-state index in [0.717, 1.165) is 6.42 Å². The monoisotopic (exact) mass is 236 g/mol. The smallest absolute Gasteiger partial charge is 0.0802 e. The Morgan fingerprint density at radius 3 is 2.00 bits per heavy atom. The van der Waals surface area contributed by atoms with Crippen molar-refractivity contribution in [3.05, 3.63) is 34.4 Å². The van der Waals surface area contributed by atoms with Crippen LogP contribution < -0.4 is 0 Å². The molecule has 0 fully saturated rings. The van der Waals surface area contributed by atoms with Crippen molar-refractivity contribution in [1.29, 1.82) is 0 Å². The Labute approximate surface area is 104 Å². The third-order valence-corrected chi connectivity index (χ3v) is 3.39. The fraction of sp³-hybridized carbons (Fsp3) is 0.600. The number of aliphatic hydroxyl groups excluding tert-OH is 2. The van der Waals surface area contributed by atoms with Crippen molar-refractivity contribution in [3.8, 4) is 0 Å². The summed E-state index contributed by atoms with van der Waals surface area (Å²) in [7, 11) is 0. The van der Waals surface area contributed by atoms with Crippen LogP contribution in [0.3, 0.4) is 0 Å². The molecular formula is C15H24O2. The van der Waals surface area contributed by atoms with E-state index in [9.17, 15) is 10.2 Å². The fourth-order valence-corrected chi connectivity index (χ4v) is 2.36. The maximum atomic E-state index is 9.77. The number of hydrogen-bond donors (Lipinski definition) is 2. The number of benzene rings is 1. The molecular weight excluding hydrogens is 212 g/mol. The van der Waals surface area contributed by atoms with Crippen LogP contribution >= 0.6 is 0 Å². The summed E-state index contributed by atoms with van der Waals surface area (Å²) < 4.78 is 0. The summed E-state index contributed by atoms with van der Waals surface area (Å²) in [6, 6.07) is 4.34.